The summed E-state index contributed by atoms with van der Waals surface area (Å²) >= 11 is 2.69. The second-order valence-electron chi connectivity index (χ2n) is 4.79. The molecule has 0 aromatic carbocycles. The minimum atomic E-state index is -3.22. The zero-order chi connectivity index (χ0) is 14.4. The van der Waals surface area contributed by atoms with Gasteiger partial charge >= 0.3 is 0 Å². The van der Waals surface area contributed by atoms with Crippen LogP contribution in [0.3, 0.4) is 0 Å². The third kappa shape index (κ3) is 2.38. The van der Waals surface area contributed by atoms with Gasteiger partial charge in [-0.05, 0) is 18.9 Å². The fourth-order valence-electron chi connectivity index (χ4n) is 1.98. The minimum absolute atomic E-state index is 0.102. The van der Waals surface area contributed by atoms with Gasteiger partial charge in [0.25, 0.3) is 0 Å². The third-order valence-corrected chi connectivity index (χ3v) is 6.38. The van der Waals surface area contributed by atoms with Crippen molar-refractivity contribution >= 4 is 43.5 Å². The van der Waals surface area contributed by atoms with E-state index in [0.29, 0.717) is 5.13 Å². The second kappa shape index (κ2) is 4.64. The predicted octanol–water partition coefficient (Wildman–Crippen LogP) is 2.28. The highest BCUT2D eigenvalue weighted by Crippen LogP contribution is 2.51. The van der Waals surface area contributed by atoms with Crippen LogP contribution in [-0.4, -0.2) is 25.6 Å². The highest BCUT2D eigenvalue weighted by Gasteiger charge is 2.52. The van der Waals surface area contributed by atoms with Gasteiger partial charge in [-0.15, -0.1) is 22.7 Å². The van der Waals surface area contributed by atoms with Gasteiger partial charge < -0.3 is 5.32 Å². The summed E-state index contributed by atoms with van der Waals surface area (Å²) in [6.45, 7) is 0. The van der Waals surface area contributed by atoms with E-state index in [4.69, 9.17) is 0 Å². The molecule has 1 aliphatic rings. The van der Waals surface area contributed by atoms with Crippen molar-refractivity contribution in [2.24, 2.45) is 0 Å². The summed E-state index contributed by atoms with van der Waals surface area (Å²) in [6.07, 6.45) is 4.29. The fourth-order valence-corrected chi connectivity index (χ4v) is 4.78. The number of nitrogens with zero attached hydrogens (tertiary/aromatic N) is 1. The Balaban J connectivity index is 1.85. The van der Waals surface area contributed by atoms with Crippen LogP contribution < -0.4 is 5.32 Å². The minimum Gasteiger partial charge on any atom is -0.301 e. The maximum Gasteiger partial charge on any atom is 0.237 e. The molecule has 3 rings (SSSR count). The van der Waals surface area contributed by atoms with E-state index in [1.54, 1.807) is 23.0 Å². The number of rotatable bonds is 4. The van der Waals surface area contributed by atoms with Crippen molar-refractivity contribution in [3.63, 3.8) is 0 Å². The summed E-state index contributed by atoms with van der Waals surface area (Å²) in [6, 6.07) is 1.62. The molecule has 1 fully saturated rings. The van der Waals surface area contributed by atoms with Crippen molar-refractivity contribution in [1.29, 1.82) is 0 Å². The van der Waals surface area contributed by atoms with E-state index in [2.05, 4.69) is 10.3 Å². The summed E-state index contributed by atoms with van der Waals surface area (Å²) in [4.78, 5) is 17.5. The SMILES string of the molecule is CS(=O)(=O)c1csc(C2(C(=O)Nc3nccs3)CC2)c1. The second-order valence-corrected chi connectivity index (χ2v) is 8.61. The molecule has 1 amide bonds. The first-order chi connectivity index (χ1) is 9.42. The summed E-state index contributed by atoms with van der Waals surface area (Å²) in [5.74, 6) is -0.102. The Morgan fingerprint density at radius 3 is 2.65 bits per heavy atom. The number of anilines is 1. The molecule has 0 saturated heterocycles. The lowest BCUT2D eigenvalue weighted by Gasteiger charge is -2.11. The number of nitrogens with one attached hydrogen (secondary N) is 1. The third-order valence-electron chi connectivity index (χ3n) is 3.31. The molecule has 2 heterocycles. The van der Waals surface area contributed by atoms with Crippen LogP contribution in [-0.2, 0) is 20.0 Å². The Labute approximate surface area is 124 Å². The fraction of sp³-hybridized carbons (Fsp3) is 0.333. The van der Waals surface area contributed by atoms with E-state index in [1.165, 1.54) is 28.9 Å². The van der Waals surface area contributed by atoms with Crippen molar-refractivity contribution in [3.8, 4) is 0 Å². The summed E-state index contributed by atoms with van der Waals surface area (Å²) in [5, 5.41) is 6.76. The van der Waals surface area contributed by atoms with Crippen molar-refractivity contribution in [3.05, 3.63) is 27.9 Å². The molecule has 1 saturated carbocycles. The number of hydrogen-bond donors (Lipinski definition) is 1. The van der Waals surface area contributed by atoms with Gasteiger partial charge in [0.2, 0.25) is 5.91 Å². The number of carbonyl (C=O) groups is 1. The van der Waals surface area contributed by atoms with Gasteiger partial charge in [0.15, 0.2) is 15.0 Å². The van der Waals surface area contributed by atoms with Crippen molar-refractivity contribution in [1.82, 2.24) is 4.98 Å². The average Bonchev–Trinajstić information content (AvgIpc) is 2.81. The lowest BCUT2D eigenvalue weighted by Crippen LogP contribution is -2.26. The first-order valence-corrected chi connectivity index (χ1v) is 9.57. The van der Waals surface area contributed by atoms with Crippen molar-refractivity contribution in [2.45, 2.75) is 23.2 Å². The van der Waals surface area contributed by atoms with Gasteiger partial charge in [0, 0.05) is 28.1 Å². The smallest absolute Gasteiger partial charge is 0.237 e. The van der Waals surface area contributed by atoms with Crippen molar-refractivity contribution < 1.29 is 13.2 Å². The zero-order valence-electron chi connectivity index (χ0n) is 10.6. The number of aromatic nitrogens is 1. The Bertz CT molecular complexity index is 743. The Morgan fingerprint density at radius 1 is 1.40 bits per heavy atom. The molecule has 0 spiro atoms. The average molecular weight is 328 g/mol. The summed E-state index contributed by atoms with van der Waals surface area (Å²) in [7, 11) is -3.22. The van der Waals surface area contributed by atoms with E-state index < -0.39 is 15.3 Å². The molecular weight excluding hydrogens is 316 g/mol. The predicted molar refractivity (Wildman–Crippen MR) is 79.1 cm³/mol. The number of thiazole rings is 1. The van der Waals surface area contributed by atoms with E-state index in [-0.39, 0.29) is 10.8 Å². The molecule has 20 heavy (non-hydrogen) atoms. The number of carbonyl (C=O) groups excluding carboxylic acids is 1. The van der Waals surface area contributed by atoms with Gasteiger partial charge in [0.05, 0.1) is 10.3 Å². The molecule has 1 aliphatic carbocycles. The van der Waals surface area contributed by atoms with Gasteiger partial charge in [0.1, 0.15) is 0 Å². The van der Waals surface area contributed by atoms with E-state index in [0.717, 1.165) is 17.7 Å². The molecule has 0 aliphatic heterocycles. The maximum atomic E-state index is 12.4. The van der Waals surface area contributed by atoms with Gasteiger partial charge in [-0.2, -0.15) is 0 Å². The normalized spacial score (nSPS) is 16.9. The zero-order valence-corrected chi connectivity index (χ0v) is 13.1. The summed E-state index contributed by atoms with van der Waals surface area (Å²) in [5.41, 5.74) is -0.570. The van der Waals surface area contributed by atoms with Gasteiger partial charge in [-0.25, -0.2) is 13.4 Å². The van der Waals surface area contributed by atoms with Crippen LogP contribution in [0.2, 0.25) is 0 Å². The van der Waals surface area contributed by atoms with Crippen LogP contribution >= 0.6 is 22.7 Å². The van der Waals surface area contributed by atoms with Gasteiger partial charge in [-0.1, -0.05) is 0 Å². The molecule has 106 valence electrons. The highest BCUT2D eigenvalue weighted by atomic mass is 32.2. The van der Waals surface area contributed by atoms with Crippen LogP contribution in [0.5, 0.6) is 0 Å². The molecular formula is C12H12N2O3S3. The van der Waals surface area contributed by atoms with Crippen LogP contribution in [0, 0.1) is 0 Å². The number of sulfone groups is 1. The number of hydrogen-bond acceptors (Lipinski definition) is 6. The van der Waals surface area contributed by atoms with E-state index in [9.17, 15) is 13.2 Å². The van der Waals surface area contributed by atoms with Crippen LogP contribution in [0.4, 0.5) is 5.13 Å². The Hall–Kier alpha value is -1.25. The Kier molecular flexibility index (Phi) is 3.19. The molecule has 8 heteroatoms. The molecule has 2 aromatic rings. The van der Waals surface area contributed by atoms with Gasteiger partial charge in [-0.3, -0.25) is 4.79 Å². The Morgan fingerprint density at radius 2 is 2.15 bits per heavy atom. The van der Waals surface area contributed by atoms with E-state index in [1.807, 2.05) is 0 Å². The first kappa shape index (κ1) is 13.7. The summed E-state index contributed by atoms with van der Waals surface area (Å²) < 4.78 is 23.0. The first-order valence-electron chi connectivity index (χ1n) is 5.92. The number of thiophene rings is 1. The van der Waals surface area contributed by atoms with Crippen LogP contribution in [0.25, 0.3) is 0 Å². The van der Waals surface area contributed by atoms with Crippen LogP contribution in [0.1, 0.15) is 17.7 Å². The quantitative estimate of drug-likeness (QED) is 0.934. The van der Waals surface area contributed by atoms with E-state index >= 15 is 0 Å². The van der Waals surface area contributed by atoms with Crippen molar-refractivity contribution in [2.75, 3.05) is 11.6 Å². The molecule has 0 unspecified atom stereocenters. The monoisotopic (exact) mass is 328 g/mol. The lowest BCUT2D eigenvalue weighted by molar-refractivity contribution is -0.118. The standard InChI is InChI=1S/C12H12N2O3S3/c1-20(16,17)8-6-9(19-7-8)12(2-3-12)10(15)14-11-13-4-5-18-11/h4-7H,2-3H2,1H3,(H,13,14,15). The molecule has 0 bridgehead atoms. The molecule has 1 N–H and O–H groups in total. The lowest BCUT2D eigenvalue weighted by atomic mass is 10.0. The maximum absolute atomic E-state index is 12.4. The molecule has 0 radical (unpaired) electrons. The van der Waals surface area contributed by atoms with Crippen LogP contribution in [0.15, 0.2) is 27.9 Å². The largest absolute Gasteiger partial charge is 0.301 e. The molecule has 2 aromatic heterocycles. The highest BCUT2D eigenvalue weighted by molar-refractivity contribution is 7.90. The topological polar surface area (TPSA) is 76.1 Å². The molecule has 5 nitrogen and oxygen atoms in total. The number of amides is 1. The molecule has 0 atom stereocenters.